The highest BCUT2D eigenvalue weighted by Crippen LogP contribution is 2.37. The predicted octanol–water partition coefficient (Wildman–Crippen LogP) is 5.09. The Bertz CT molecular complexity index is 951. The van der Waals surface area contributed by atoms with Crippen molar-refractivity contribution in [2.45, 2.75) is 46.2 Å². The van der Waals surface area contributed by atoms with Gasteiger partial charge in [-0.3, -0.25) is 0 Å². The normalized spacial score (nSPS) is 13.3. The first-order valence-electron chi connectivity index (χ1n) is 9.35. The summed E-state index contributed by atoms with van der Waals surface area (Å²) in [5.74, 6) is 1.04. The van der Waals surface area contributed by atoms with Gasteiger partial charge >= 0.3 is 0 Å². The van der Waals surface area contributed by atoms with Crippen LogP contribution in [0.15, 0.2) is 48.7 Å². The standard InChI is InChI=1S/C23H27N3/c1-16-13-18-11-12-26-21(20(18)14-17(16)2)15-24-22(26)25(5)23(3,4)19-9-7-6-8-10-19/h6-10,13-15H,11-12H2,1-5H3. The van der Waals surface area contributed by atoms with E-state index in [-0.39, 0.29) is 5.54 Å². The molecule has 0 saturated heterocycles. The molecule has 2 heterocycles. The van der Waals surface area contributed by atoms with Gasteiger partial charge in [0.05, 0.1) is 17.4 Å². The summed E-state index contributed by atoms with van der Waals surface area (Å²) < 4.78 is 2.38. The Morgan fingerprint density at radius 3 is 2.46 bits per heavy atom. The van der Waals surface area contributed by atoms with E-state index in [2.05, 4.69) is 86.7 Å². The number of anilines is 1. The van der Waals surface area contributed by atoms with Crippen molar-refractivity contribution < 1.29 is 0 Å². The molecule has 0 amide bonds. The zero-order chi connectivity index (χ0) is 18.5. The summed E-state index contributed by atoms with van der Waals surface area (Å²) in [5.41, 5.74) is 7.90. The van der Waals surface area contributed by atoms with Gasteiger partial charge in [-0.25, -0.2) is 4.98 Å². The second-order valence-electron chi connectivity index (χ2n) is 7.92. The van der Waals surface area contributed by atoms with E-state index >= 15 is 0 Å². The maximum absolute atomic E-state index is 4.83. The largest absolute Gasteiger partial charge is 0.336 e. The molecule has 1 aliphatic heterocycles. The number of aromatic nitrogens is 2. The van der Waals surface area contributed by atoms with E-state index in [0.29, 0.717) is 0 Å². The number of hydrogen-bond acceptors (Lipinski definition) is 2. The first kappa shape index (κ1) is 16.9. The highest BCUT2D eigenvalue weighted by Gasteiger charge is 2.31. The third kappa shape index (κ3) is 2.54. The van der Waals surface area contributed by atoms with Crippen LogP contribution in [0.1, 0.15) is 36.1 Å². The van der Waals surface area contributed by atoms with Crippen molar-refractivity contribution in [3.05, 3.63) is 70.9 Å². The second kappa shape index (κ2) is 6.01. The number of aryl methyl sites for hydroxylation is 3. The molecule has 0 N–H and O–H groups in total. The summed E-state index contributed by atoms with van der Waals surface area (Å²) in [7, 11) is 2.15. The van der Waals surface area contributed by atoms with E-state index in [1.54, 1.807) is 0 Å². The fourth-order valence-electron chi connectivity index (χ4n) is 3.91. The lowest BCUT2D eigenvalue weighted by Crippen LogP contribution is -2.40. The van der Waals surface area contributed by atoms with Gasteiger partial charge in [0.1, 0.15) is 0 Å². The minimum absolute atomic E-state index is 0.132. The fraction of sp³-hybridized carbons (Fsp3) is 0.348. The van der Waals surface area contributed by atoms with E-state index in [9.17, 15) is 0 Å². The predicted molar refractivity (Wildman–Crippen MR) is 109 cm³/mol. The Hall–Kier alpha value is -2.55. The van der Waals surface area contributed by atoms with Crippen LogP contribution in [0.3, 0.4) is 0 Å². The van der Waals surface area contributed by atoms with Crippen LogP contribution < -0.4 is 4.90 Å². The van der Waals surface area contributed by atoms with Gasteiger partial charge in [-0.15, -0.1) is 0 Å². The fourth-order valence-corrected chi connectivity index (χ4v) is 3.91. The number of benzene rings is 2. The van der Waals surface area contributed by atoms with Crippen LogP contribution in [0.2, 0.25) is 0 Å². The van der Waals surface area contributed by atoms with Gasteiger partial charge in [0.25, 0.3) is 0 Å². The van der Waals surface area contributed by atoms with E-state index in [1.807, 2.05) is 6.20 Å². The van der Waals surface area contributed by atoms with Gasteiger partial charge in [-0.05, 0) is 62.4 Å². The first-order chi connectivity index (χ1) is 12.4. The molecule has 0 fully saturated rings. The Morgan fingerprint density at radius 1 is 1.04 bits per heavy atom. The molecule has 4 rings (SSSR count). The highest BCUT2D eigenvalue weighted by atomic mass is 15.3. The van der Waals surface area contributed by atoms with E-state index in [0.717, 1.165) is 18.9 Å². The third-order valence-electron chi connectivity index (χ3n) is 6.05. The van der Waals surface area contributed by atoms with Crippen LogP contribution in [0, 0.1) is 13.8 Å². The van der Waals surface area contributed by atoms with Gasteiger partial charge in [-0.2, -0.15) is 0 Å². The number of hydrogen-bond donors (Lipinski definition) is 0. The summed E-state index contributed by atoms with van der Waals surface area (Å²) in [4.78, 5) is 7.13. The van der Waals surface area contributed by atoms with Crippen molar-refractivity contribution in [1.82, 2.24) is 9.55 Å². The van der Waals surface area contributed by atoms with E-state index in [1.165, 1.54) is 33.5 Å². The highest BCUT2D eigenvalue weighted by molar-refractivity contribution is 5.69. The molecule has 26 heavy (non-hydrogen) atoms. The quantitative estimate of drug-likeness (QED) is 0.659. The molecule has 0 spiro atoms. The molecular formula is C23H27N3. The molecule has 134 valence electrons. The van der Waals surface area contributed by atoms with Crippen LogP contribution >= 0.6 is 0 Å². The lowest BCUT2D eigenvalue weighted by atomic mass is 9.92. The number of imidazole rings is 1. The van der Waals surface area contributed by atoms with Crippen LogP contribution in [0.5, 0.6) is 0 Å². The average molecular weight is 345 g/mol. The van der Waals surface area contributed by atoms with Crippen molar-refractivity contribution >= 4 is 5.95 Å². The monoisotopic (exact) mass is 345 g/mol. The van der Waals surface area contributed by atoms with Gasteiger partial charge in [-0.1, -0.05) is 36.4 Å². The summed E-state index contributed by atoms with van der Waals surface area (Å²) in [6.07, 6.45) is 3.10. The minimum Gasteiger partial charge on any atom is -0.336 e. The molecule has 1 aliphatic rings. The molecule has 3 nitrogen and oxygen atoms in total. The van der Waals surface area contributed by atoms with Crippen LogP contribution in [-0.4, -0.2) is 16.6 Å². The maximum Gasteiger partial charge on any atom is 0.206 e. The first-order valence-corrected chi connectivity index (χ1v) is 9.35. The second-order valence-corrected chi connectivity index (χ2v) is 7.92. The van der Waals surface area contributed by atoms with Crippen molar-refractivity contribution in [1.29, 1.82) is 0 Å². The van der Waals surface area contributed by atoms with Gasteiger partial charge in [0.15, 0.2) is 0 Å². The van der Waals surface area contributed by atoms with Crippen molar-refractivity contribution in [2.24, 2.45) is 0 Å². The molecule has 0 aliphatic carbocycles. The van der Waals surface area contributed by atoms with E-state index in [4.69, 9.17) is 4.98 Å². The van der Waals surface area contributed by atoms with Crippen LogP contribution in [-0.2, 0) is 18.5 Å². The van der Waals surface area contributed by atoms with Crippen molar-refractivity contribution in [2.75, 3.05) is 11.9 Å². The Balaban J connectivity index is 1.77. The molecule has 3 aromatic rings. The SMILES string of the molecule is Cc1cc2c(cc1C)-c1cnc(N(C)C(C)(C)c3ccccc3)n1CC2. The third-order valence-corrected chi connectivity index (χ3v) is 6.05. The molecule has 0 bridgehead atoms. The molecule has 0 unspecified atom stereocenters. The topological polar surface area (TPSA) is 21.1 Å². The number of fused-ring (bicyclic) bond motifs is 3. The van der Waals surface area contributed by atoms with Crippen molar-refractivity contribution in [3.8, 4) is 11.3 Å². The van der Waals surface area contributed by atoms with Gasteiger partial charge in [0, 0.05) is 19.2 Å². The maximum atomic E-state index is 4.83. The molecule has 0 saturated carbocycles. The smallest absolute Gasteiger partial charge is 0.206 e. The van der Waals surface area contributed by atoms with E-state index < -0.39 is 0 Å². The molecule has 2 aromatic carbocycles. The summed E-state index contributed by atoms with van der Waals surface area (Å²) >= 11 is 0. The van der Waals surface area contributed by atoms with Crippen LogP contribution in [0.4, 0.5) is 5.95 Å². The minimum atomic E-state index is -0.132. The zero-order valence-corrected chi connectivity index (χ0v) is 16.4. The lowest BCUT2D eigenvalue weighted by molar-refractivity contribution is 0.492. The van der Waals surface area contributed by atoms with Gasteiger partial charge < -0.3 is 9.47 Å². The molecule has 0 atom stereocenters. The number of rotatable bonds is 3. The Morgan fingerprint density at radius 2 is 1.73 bits per heavy atom. The molecule has 0 radical (unpaired) electrons. The Labute approximate surface area is 156 Å². The molecule has 1 aromatic heterocycles. The lowest BCUT2D eigenvalue weighted by Gasteiger charge is -2.38. The molecular weight excluding hydrogens is 318 g/mol. The molecule has 3 heteroatoms. The summed E-state index contributed by atoms with van der Waals surface area (Å²) in [6, 6.07) is 15.3. The summed E-state index contributed by atoms with van der Waals surface area (Å²) in [5, 5.41) is 0. The van der Waals surface area contributed by atoms with Gasteiger partial charge in [0.2, 0.25) is 5.95 Å². The van der Waals surface area contributed by atoms with Crippen molar-refractivity contribution in [3.63, 3.8) is 0 Å². The summed E-state index contributed by atoms with van der Waals surface area (Å²) in [6.45, 7) is 9.89. The Kier molecular flexibility index (Phi) is 3.91. The zero-order valence-electron chi connectivity index (χ0n) is 16.4. The number of nitrogens with zero attached hydrogens (tertiary/aromatic N) is 3. The average Bonchev–Trinajstić information content (AvgIpc) is 3.07. The van der Waals surface area contributed by atoms with Crippen LogP contribution in [0.25, 0.3) is 11.3 Å².